The molecule has 0 aliphatic heterocycles. The van der Waals surface area contributed by atoms with Gasteiger partial charge in [0.1, 0.15) is 0 Å². The van der Waals surface area contributed by atoms with E-state index in [9.17, 15) is 21.6 Å². The molecule has 0 unspecified atom stereocenters. The zero-order chi connectivity index (χ0) is 18.9. The number of nitrogens with zero attached hydrogens (tertiary/aromatic N) is 2. The molecule has 1 aromatic heterocycles. The van der Waals surface area contributed by atoms with E-state index >= 15 is 0 Å². The second-order valence-electron chi connectivity index (χ2n) is 5.83. The van der Waals surface area contributed by atoms with Gasteiger partial charge in [0.2, 0.25) is 9.84 Å². The van der Waals surface area contributed by atoms with Gasteiger partial charge in [0, 0.05) is 12.4 Å². The average molecular weight is 380 g/mol. The first-order chi connectivity index (χ1) is 12.2. The minimum atomic E-state index is -4.51. The zero-order valence-corrected chi connectivity index (χ0v) is 14.6. The van der Waals surface area contributed by atoms with E-state index in [0.717, 1.165) is 23.8 Å². The fourth-order valence-electron chi connectivity index (χ4n) is 2.61. The molecule has 8 heteroatoms. The summed E-state index contributed by atoms with van der Waals surface area (Å²) in [6.45, 7) is 1.85. The molecule has 0 fully saturated rings. The second-order valence-corrected chi connectivity index (χ2v) is 7.75. The van der Waals surface area contributed by atoms with Crippen LogP contribution in [0.25, 0.3) is 0 Å². The molecule has 0 spiro atoms. The largest absolute Gasteiger partial charge is 0.416 e. The molecule has 0 saturated heterocycles. The number of halogens is 3. The lowest BCUT2D eigenvalue weighted by molar-refractivity contribution is -0.137. The molecule has 0 aliphatic rings. The van der Waals surface area contributed by atoms with E-state index in [-0.39, 0.29) is 15.4 Å². The van der Waals surface area contributed by atoms with Crippen molar-refractivity contribution in [2.75, 3.05) is 0 Å². The Labute approximate surface area is 148 Å². The lowest BCUT2D eigenvalue weighted by Crippen LogP contribution is -2.09. The van der Waals surface area contributed by atoms with Gasteiger partial charge in [0.05, 0.1) is 21.9 Å². The molecule has 3 aromatic rings. The maximum atomic E-state index is 12.8. The maximum absolute atomic E-state index is 12.8. The van der Waals surface area contributed by atoms with Crippen LogP contribution in [0.5, 0.6) is 0 Å². The van der Waals surface area contributed by atoms with Crippen molar-refractivity contribution in [2.45, 2.75) is 29.4 Å². The predicted molar refractivity (Wildman–Crippen MR) is 89.4 cm³/mol. The SMILES string of the molecule is Cc1cc(C(F)(F)F)ccc1S(=O)(=O)c1ccc(Cn2cccn2)cc1. The van der Waals surface area contributed by atoms with Crippen LogP contribution in [0, 0.1) is 6.92 Å². The molecule has 4 nitrogen and oxygen atoms in total. The van der Waals surface area contributed by atoms with Crippen molar-refractivity contribution in [3.63, 3.8) is 0 Å². The highest BCUT2D eigenvalue weighted by Gasteiger charge is 2.31. The van der Waals surface area contributed by atoms with Crippen molar-refractivity contribution >= 4 is 9.84 Å². The maximum Gasteiger partial charge on any atom is 0.416 e. The van der Waals surface area contributed by atoms with Crippen LogP contribution in [0.3, 0.4) is 0 Å². The third-order valence-corrected chi connectivity index (χ3v) is 5.86. The highest BCUT2D eigenvalue weighted by Crippen LogP contribution is 2.32. The van der Waals surface area contributed by atoms with Crippen molar-refractivity contribution in [1.29, 1.82) is 0 Å². The summed E-state index contributed by atoms with van der Waals surface area (Å²) >= 11 is 0. The lowest BCUT2D eigenvalue weighted by Gasteiger charge is -2.12. The van der Waals surface area contributed by atoms with Crippen molar-refractivity contribution in [3.05, 3.63) is 77.6 Å². The van der Waals surface area contributed by atoms with E-state index in [2.05, 4.69) is 5.10 Å². The molecule has 0 radical (unpaired) electrons. The Morgan fingerprint density at radius 2 is 1.77 bits per heavy atom. The van der Waals surface area contributed by atoms with Crippen LogP contribution in [-0.2, 0) is 22.6 Å². The molecule has 26 heavy (non-hydrogen) atoms. The summed E-state index contributed by atoms with van der Waals surface area (Å²) in [4.78, 5) is -0.102. The number of aromatic nitrogens is 2. The lowest BCUT2D eigenvalue weighted by atomic mass is 10.1. The van der Waals surface area contributed by atoms with Crippen molar-refractivity contribution in [3.8, 4) is 0 Å². The minimum Gasteiger partial charge on any atom is -0.268 e. The Morgan fingerprint density at radius 1 is 1.08 bits per heavy atom. The smallest absolute Gasteiger partial charge is 0.268 e. The summed E-state index contributed by atoms with van der Waals surface area (Å²) in [5.74, 6) is 0. The predicted octanol–water partition coefficient (Wildman–Crippen LogP) is 4.09. The third-order valence-electron chi connectivity index (χ3n) is 3.93. The fourth-order valence-corrected chi connectivity index (χ4v) is 4.09. The Morgan fingerprint density at radius 3 is 2.31 bits per heavy atom. The molecule has 0 saturated carbocycles. The van der Waals surface area contributed by atoms with Gasteiger partial charge in [0.15, 0.2) is 0 Å². The Kier molecular flexibility index (Phi) is 4.62. The van der Waals surface area contributed by atoms with Crippen LogP contribution in [0.1, 0.15) is 16.7 Å². The average Bonchev–Trinajstić information content (AvgIpc) is 3.07. The number of hydrogen-bond donors (Lipinski definition) is 0. The number of benzene rings is 2. The topological polar surface area (TPSA) is 52.0 Å². The molecule has 1 heterocycles. The van der Waals surface area contributed by atoms with Gasteiger partial charge in [-0.2, -0.15) is 18.3 Å². The first-order valence-electron chi connectivity index (χ1n) is 7.67. The number of hydrogen-bond acceptors (Lipinski definition) is 3. The van der Waals surface area contributed by atoms with Gasteiger partial charge in [-0.1, -0.05) is 12.1 Å². The molecule has 0 atom stereocenters. The van der Waals surface area contributed by atoms with E-state index < -0.39 is 21.6 Å². The summed E-state index contributed by atoms with van der Waals surface area (Å²) in [6, 6.07) is 10.6. The van der Waals surface area contributed by atoms with Gasteiger partial charge in [-0.25, -0.2) is 8.42 Å². The van der Waals surface area contributed by atoms with Crippen LogP contribution < -0.4 is 0 Å². The first-order valence-corrected chi connectivity index (χ1v) is 9.15. The molecule has 0 aliphatic carbocycles. The number of alkyl halides is 3. The second kappa shape index (κ2) is 6.60. The molecule has 3 rings (SSSR count). The molecule has 0 amide bonds. The van der Waals surface area contributed by atoms with Crippen LogP contribution in [-0.4, -0.2) is 18.2 Å². The summed E-state index contributed by atoms with van der Waals surface area (Å²) in [5, 5.41) is 4.08. The van der Waals surface area contributed by atoms with E-state index in [4.69, 9.17) is 0 Å². The van der Waals surface area contributed by atoms with Crippen LogP contribution in [0.2, 0.25) is 0 Å². The van der Waals surface area contributed by atoms with E-state index in [0.29, 0.717) is 6.54 Å². The van der Waals surface area contributed by atoms with E-state index in [1.54, 1.807) is 35.3 Å². The van der Waals surface area contributed by atoms with E-state index in [1.807, 2.05) is 0 Å². The number of aryl methyl sites for hydroxylation is 1. The fraction of sp³-hybridized carbons (Fsp3) is 0.167. The summed E-state index contributed by atoms with van der Waals surface area (Å²) in [5.41, 5.74) is 0.0424. The first kappa shape index (κ1) is 18.2. The standard InChI is InChI=1S/C18H15F3N2O2S/c1-13-11-15(18(19,20)21)5-8-17(13)26(24,25)16-6-3-14(4-7-16)12-23-10-2-9-22-23/h2-11H,12H2,1H3. The summed E-state index contributed by atoms with van der Waals surface area (Å²) in [6.07, 6.45) is -1.08. The van der Waals surface area contributed by atoms with E-state index in [1.165, 1.54) is 19.1 Å². The van der Waals surface area contributed by atoms with Crippen LogP contribution in [0.15, 0.2) is 70.7 Å². The summed E-state index contributed by atoms with van der Waals surface area (Å²) < 4.78 is 65.5. The third kappa shape index (κ3) is 3.65. The van der Waals surface area contributed by atoms with Gasteiger partial charge >= 0.3 is 6.18 Å². The highest BCUT2D eigenvalue weighted by molar-refractivity contribution is 7.91. The van der Waals surface area contributed by atoms with Gasteiger partial charge < -0.3 is 0 Å². The van der Waals surface area contributed by atoms with Gasteiger partial charge in [-0.15, -0.1) is 0 Å². The quantitative estimate of drug-likeness (QED) is 0.685. The highest BCUT2D eigenvalue weighted by atomic mass is 32.2. The molecular weight excluding hydrogens is 365 g/mol. The molecule has 0 bridgehead atoms. The Bertz CT molecular complexity index is 1010. The Hall–Kier alpha value is -2.61. The van der Waals surface area contributed by atoms with Gasteiger partial charge in [-0.05, 0) is 54.4 Å². The van der Waals surface area contributed by atoms with Gasteiger partial charge in [0.25, 0.3) is 0 Å². The normalized spacial score (nSPS) is 12.3. The molecule has 136 valence electrons. The Balaban J connectivity index is 1.90. The summed E-state index contributed by atoms with van der Waals surface area (Å²) in [7, 11) is -3.90. The van der Waals surface area contributed by atoms with Gasteiger partial charge in [-0.3, -0.25) is 4.68 Å². The van der Waals surface area contributed by atoms with Crippen LogP contribution >= 0.6 is 0 Å². The monoisotopic (exact) mass is 380 g/mol. The molecule has 2 aromatic carbocycles. The zero-order valence-electron chi connectivity index (χ0n) is 13.7. The number of sulfone groups is 1. The molecular formula is C18H15F3N2O2S. The van der Waals surface area contributed by atoms with Crippen LogP contribution in [0.4, 0.5) is 13.2 Å². The van der Waals surface area contributed by atoms with Crippen molar-refractivity contribution in [1.82, 2.24) is 9.78 Å². The van der Waals surface area contributed by atoms with Crippen molar-refractivity contribution < 1.29 is 21.6 Å². The minimum absolute atomic E-state index is 0.0320. The van der Waals surface area contributed by atoms with Crippen molar-refractivity contribution in [2.24, 2.45) is 0 Å². The number of rotatable bonds is 4. The molecule has 0 N–H and O–H groups in total.